The van der Waals surface area contributed by atoms with Gasteiger partial charge in [-0.1, -0.05) is 18.2 Å². The van der Waals surface area contributed by atoms with Gasteiger partial charge in [0.1, 0.15) is 0 Å². The summed E-state index contributed by atoms with van der Waals surface area (Å²) in [7, 11) is 0. The van der Waals surface area contributed by atoms with Gasteiger partial charge in [0.25, 0.3) is 0 Å². The zero-order chi connectivity index (χ0) is 10.4. The van der Waals surface area contributed by atoms with Crippen molar-refractivity contribution in [1.29, 1.82) is 0 Å². The van der Waals surface area contributed by atoms with Gasteiger partial charge >= 0.3 is 0 Å². The summed E-state index contributed by atoms with van der Waals surface area (Å²) in [4.78, 5) is 4.55. The topological polar surface area (TPSA) is 43.8 Å². The third-order valence-electron chi connectivity index (χ3n) is 2.81. The number of nitrogens with zero attached hydrogens (tertiary/aromatic N) is 2. The van der Waals surface area contributed by atoms with E-state index < -0.39 is 0 Å². The summed E-state index contributed by atoms with van der Waals surface area (Å²) in [6.07, 6.45) is 1.84. The molecular formula is C12H11N3. The first-order valence-corrected chi connectivity index (χ1v) is 4.89. The van der Waals surface area contributed by atoms with Gasteiger partial charge in [-0.15, -0.1) is 0 Å². The minimum atomic E-state index is 1.01. The van der Waals surface area contributed by atoms with E-state index in [2.05, 4.69) is 11.1 Å². The van der Waals surface area contributed by atoms with Crippen molar-refractivity contribution in [2.24, 2.45) is 0 Å². The molecule has 0 saturated heterocycles. The van der Waals surface area contributed by atoms with Gasteiger partial charge in [-0.05, 0) is 19.1 Å². The number of fused-ring (bicyclic) bond motifs is 3. The molecule has 0 radical (unpaired) electrons. The number of rotatable bonds is 0. The molecule has 3 rings (SSSR count). The van der Waals surface area contributed by atoms with Crippen molar-refractivity contribution in [1.82, 2.24) is 9.66 Å². The molecule has 2 heterocycles. The molecule has 2 aliphatic rings. The summed E-state index contributed by atoms with van der Waals surface area (Å²) >= 11 is 0. The Morgan fingerprint density at radius 3 is 2.87 bits per heavy atom. The molecule has 2 N–H and O–H groups in total. The fourth-order valence-electron chi connectivity index (χ4n) is 2.00. The number of hydrogen-bond donors (Lipinski definition) is 1. The van der Waals surface area contributed by atoms with Crippen molar-refractivity contribution < 1.29 is 0 Å². The van der Waals surface area contributed by atoms with Crippen molar-refractivity contribution in [3.8, 4) is 11.3 Å². The van der Waals surface area contributed by atoms with Crippen molar-refractivity contribution >= 4 is 10.9 Å². The number of aromatic nitrogens is 2. The first kappa shape index (κ1) is 8.29. The van der Waals surface area contributed by atoms with Crippen LogP contribution in [0.1, 0.15) is 5.69 Å². The second kappa shape index (κ2) is 2.73. The van der Waals surface area contributed by atoms with E-state index in [1.165, 1.54) is 5.39 Å². The molecule has 0 unspecified atom stereocenters. The molecule has 0 atom stereocenters. The number of hydrogen-bond acceptors (Lipinski definition) is 2. The summed E-state index contributed by atoms with van der Waals surface area (Å²) in [6, 6.07) is 10.1. The highest BCUT2D eigenvalue weighted by Crippen LogP contribution is 2.32. The highest BCUT2D eigenvalue weighted by Gasteiger charge is 2.14. The Labute approximate surface area is 87.5 Å². The van der Waals surface area contributed by atoms with Gasteiger partial charge in [0.05, 0.1) is 11.2 Å². The monoisotopic (exact) mass is 197 g/mol. The number of pyridine rings is 1. The van der Waals surface area contributed by atoms with E-state index >= 15 is 0 Å². The Bertz CT molecular complexity index is 610. The Hall–Kier alpha value is -2.03. The van der Waals surface area contributed by atoms with E-state index in [1.807, 2.05) is 37.4 Å². The van der Waals surface area contributed by atoms with E-state index in [9.17, 15) is 0 Å². The molecule has 0 aromatic heterocycles. The molecule has 1 aromatic carbocycles. The molecule has 2 aliphatic heterocycles. The van der Waals surface area contributed by atoms with Crippen LogP contribution in [0.5, 0.6) is 0 Å². The molecule has 3 nitrogen and oxygen atoms in total. The van der Waals surface area contributed by atoms with Gasteiger partial charge in [-0.3, -0.25) is 4.68 Å². The minimum Gasteiger partial charge on any atom is -0.339 e. The van der Waals surface area contributed by atoms with Crippen molar-refractivity contribution in [2.75, 3.05) is 5.84 Å². The molecule has 74 valence electrons. The summed E-state index contributed by atoms with van der Waals surface area (Å²) in [5.41, 5.74) is 4.23. The molecule has 15 heavy (non-hydrogen) atoms. The smallest absolute Gasteiger partial charge is 0.0749 e. The van der Waals surface area contributed by atoms with Gasteiger partial charge in [-0.2, -0.15) is 0 Å². The number of benzene rings is 1. The predicted molar refractivity (Wildman–Crippen MR) is 61.2 cm³/mol. The average molecular weight is 197 g/mol. The van der Waals surface area contributed by atoms with E-state index in [4.69, 9.17) is 5.84 Å². The molecular weight excluding hydrogens is 186 g/mol. The molecule has 0 spiro atoms. The predicted octanol–water partition coefficient (Wildman–Crippen LogP) is 2.16. The molecule has 0 amide bonds. The average Bonchev–Trinajstić information content (AvgIpc) is 2.62. The first-order chi connectivity index (χ1) is 7.27. The summed E-state index contributed by atoms with van der Waals surface area (Å²) < 4.78 is 1.64. The summed E-state index contributed by atoms with van der Waals surface area (Å²) in [5, 5.41) is 1.17. The minimum absolute atomic E-state index is 1.01. The Balaban J connectivity index is 2.56. The maximum Gasteiger partial charge on any atom is 0.0749 e. The lowest BCUT2D eigenvalue weighted by Gasteiger charge is -2.08. The van der Waals surface area contributed by atoms with Crippen LogP contribution in [0.15, 0.2) is 36.5 Å². The third-order valence-corrected chi connectivity index (χ3v) is 2.81. The van der Waals surface area contributed by atoms with Crippen LogP contribution in [0, 0.1) is 6.92 Å². The van der Waals surface area contributed by atoms with Crippen LogP contribution in [0.3, 0.4) is 0 Å². The lowest BCUT2D eigenvalue weighted by atomic mass is 10.1. The summed E-state index contributed by atoms with van der Waals surface area (Å²) in [6.45, 7) is 2.01. The maximum atomic E-state index is 5.83. The standard InChI is InChI=1S/C12H11N3/c1-8-12-9-4-2-3-5-10(9)14-11(12)6-7-15(8)13/h2-7H,13H2,1H3. The number of nitrogens with two attached hydrogens (primary N) is 1. The molecule has 0 bridgehead atoms. The van der Waals surface area contributed by atoms with Crippen LogP contribution in [0.4, 0.5) is 0 Å². The van der Waals surface area contributed by atoms with Crippen molar-refractivity contribution in [3.05, 3.63) is 42.2 Å². The molecule has 1 aromatic rings. The number of nitrogen functional groups attached to an aromatic ring is 1. The van der Waals surface area contributed by atoms with Crippen molar-refractivity contribution in [2.45, 2.75) is 6.92 Å². The van der Waals surface area contributed by atoms with Crippen LogP contribution in [0.25, 0.3) is 22.2 Å². The SMILES string of the molecule is Cc1c2c3ccccc3nc-2ccn1N. The Morgan fingerprint density at radius 2 is 2.00 bits per heavy atom. The molecule has 0 fully saturated rings. The van der Waals surface area contributed by atoms with E-state index in [0.717, 1.165) is 22.5 Å². The zero-order valence-corrected chi connectivity index (χ0v) is 8.44. The third kappa shape index (κ3) is 1.03. The Kier molecular flexibility index (Phi) is 1.51. The normalized spacial score (nSPS) is 11.3. The first-order valence-electron chi connectivity index (χ1n) is 4.89. The molecule has 0 saturated carbocycles. The fourth-order valence-corrected chi connectivity index (χ4v) is 2.00. The van der Waals surface area contributed by atoms with Crippen LogP contribution in [0.2, 0.25) is 0 Å². The zero-order valence-electron chi connectivity index (χ0n) is 8.44. The van der Waals surface area contributed by atoms with Crippen LogP contribution in [-0.4, -0.2) is 9.66 Å². The molecule has 3 heteroatoms. The van der Waals surface area contributed by atoms with Gasteiger partial charge in [-0.25, -0.2) is 4.98 Å². The largest absolute Gasteiger partial charge is 0.339 e. The van der Waals surface area contributed by atoms with Crippen LogP contribution < -0.4 is 5.84 Å². The van der Waals surface area contributed by atoms with Gasteiger partial charge in [0.2, 0.25) is 0 Å². The number of para-hydroxylation sites is 1. The van der Waals surface area contributed by atoms with E-state index in [1.54, 1.807) is 4.68 Å². The van der Waals surface area contributed by atoms with Gasteiger partial charge in [0, 0.05) is 22.8 Å². The summed E-state index contributed by atoms with van der Waals surface area (Å²) in [5.74, 6) is 5.83. The second-order valence-corrected chi connectivity index (χ2v) is 3.70. The quantitative estimate of drug-likeness (QED) is 0.561. The fraction of sp³-hybridized carbons (Fsp3) is 0.0833. The highest BCUT2D eigenvalue weighted by molar-refractivity contribution is 5.98. The highest BCUT2D eigenvalue weighted by atomic mass is 15.3. The van der Waals surface area contributed by atoms with E-state index in [0.29, 0.717) is 0 Å². The Morgan fingerprint density at radius 1 is 1.20 bits per heavy atom. The maximum absolute atomic E-state index is 5.83. The van der Waals surface area contributed by atoms with Crippen LogP contribution >= 0.6 is 0 Å². The molecule has 0 aliphatic carbocycles. The lowest BCUT2D eigenvalue weighted by Crippen LogP contribution is -2.12. The van der Waals surface area contributed by atoms with Crippen LogP contribution in [-0.2, 0) is 0 Å². The lowest BCUT2D eigenvalue weighted by molar-refractivity contribution is 0.932. The second-order valence-electron chi connectivity index (χ2n) is 3.70. The van der Waals surface area contributed by atoms with Gasteiger partial charge < -0.3 is 5.84 Å². The van der Waals surface area contributed by atoms with E-state index in [-0.39, 0.29) is 0 Å². The van der Waals surface area contributed by atoms with Gasteiger partial charge in [0.15, 0.2) is 0 Å². The van der Waals surface area contributed by atoms with Crippen molar-refractivity contribution in [3.63, 3.8) is 0 Å².